The fraction of sp³-hybridized carbons (Fsp3) is 0.0435. The molecule has 0 fully saturated rings. The first-order chi connectivity index (χ1) is 24.7. The zero-order valence-corrected chi connectivity index (χ0v) is 28.3. The van der Waals surface area contributed by atoms with Crippen molar-refractivity contribution in [3.63, 3.8) is 0 Å². The molecule has 0 aliphatic heterocycles. The molecular weight excluding hydrogens is 627 g/mol. The van der Waals surface area contributed by atoms with Crippen molar-refractivity contribution in [1.82, 2.24) is 14.5 Å². The molecule has 9 aromatic rings. The van der Waals surface area contributed by atoms with Crippen molar-refractivity contribution in [2.45, 2.75) is 12.8 Å². The Morgan fingerprint density at radius 2 is 1.30 bits per heavy atom. The Balaban J connectivity index is 0.000000801. The van der Waals surface area contributed by atoms with Crippen LogP contribution in [0.4, 0.5) is 0 Å². The van der Waals surface area contributed by atoms with Gasteiger partial charge in [0.1, 0.15) is 0 Å². The van der Waals surface area contributed by atoms with Crippen LogP contribution >= 0.6 is 11.3 Å². The van der Waals surface area contributed by atoms with Gasteiger partial charge in [-0.3, -0.25) is 4.57 Å². The fourth-order valence-electron chi connectivity index (χ4n) is 7.44. The molecule has 238 valence electrons. The van der Waals surface area contributed by atoms with Gasteiger partial charge in [-0.05, 0) is 58.5 Å². The third kappa shape index (κ3) is 4.80. The Labute approximate surface area is 294 Å². The lowest BCUT2D eigenvalue weighted by Crippen LogP contribution is -2.06. The Bertz CT molecular complexity index is 2790. The summed E-state index contributed by atoms with van der Waals surface area (Å²) in [4.78, 5) is 10.7. The van der Waals surface area contributed by atoms with E-state index in [9.17, 15) is 0 Å². The molecular formula is C46H33N3S. The SMILES string of the molecule is C1=Cc2c(c3c4ccccc4ccc3n2-c2nc(-c3cccc4c3sc3c(-c5ccccc5)cccc34)c3ccccc3n2)CC1.C=CC=C. The predicted octanol–water partition coefficient (Wildman–Crippen LogP) is 12.7. The van der Waals surface area contributed by atoms with Crippen LogP contribution in [0.5, 0.6) is 0 Å². The lowest BCUT2D eigenvalue weighted by Gasteiger charge is -2.14. The third-order valence-electron chi connectivity index (χ3n) is 9.66. The van der Waals surface area contributed by atoms with E-state index in [0.29, 0.717) is 5.95 Å². The fourth-order valence-corrected chi connectivity index (χ4v) is 8.79. The van der Waals surface area contributed by atoms with Crippen LogP contribution in [0.15, 0.2) is 159 Å². The van der Waals surface area contributed by atoms with Crippen molar-refractivity contribution in [1.29, 1.82) is 0 Å². The second-order valence-electron chi connectivity index (χ2n) is 12.5. The van der Waals surface area contributed by atoms with Gasteiger partial charge >= 0.3 is 0 Å². The molecule has 50 heavy (non-hydrogen) atoms. The topological polar surface area (TPSA) is 30.7 Å². The number of rotatable bonds is 4. The van der Waals surface area contributed by atoms with Crippen LogP contribution in [-0.4, -0.2) is 14.5 Å². The standard InChI is InChI=1S/C42H27N3S.C4H6/c1-2-12-26(13-3-1)29-18-10-19-30-31-20-11-21-34(41(31)46-40(29)30)39-32-16-6-8-22-35(32)43-42(44-39)45-36-23-9-7-17-33(36)38-28-15-5-4-14-27(28)24-25-37(38)45;1-3-4-2/h1-6,8-16,18-25H,7,17H2;3-4H,1-2H2. The molecule has 3 aromatic heterocycles. The zero-order valence-electron chi connectivity index (χ0n) is 27.5. The van der Waals surface area contributed by atoms with Crippen LogP contribution in [0, 0.1) is 0 Å². The molecule has 1 aliphatic carbocycles. The lowest BCUT2D eigenvalue weighted by molar-refractivity contribution is 0.929. The zero-order chi connectivity index (χ0) is 33.6. The highest BCUT2D eigenvalue weighted by Crippen LogP contribution is 2.45. The largest absolute Gasteiger partial charge is 0.278 e. The molecule has 0 radical (unpaired) electrons. The van der Waals surface area contributed by atoms with Crippen molar-refractivity contribution < 1.29 is 0 Å². The number of para-hydroxylation sites is 1. The molecule has 0 N–H and O–H groups in total. The van der Waals surface area contributed by atoms with Gasteiger partial charge in [0.25, 0.3) is 0 Å². The van der Waals surface area contributed by atoms with Crippen LogP contribution in [0.3, 0.4) is 0 Å². The summed E-state index contributed by atoms with van der Waals surface area (Å²) in [7, 11) is 0. The van der Waals surface area contributed by atoms with E-state index in [1.807, 2.05) is 11.3 Å². The third-order valence-corrected chi connectivity index (χ3v) is 10.9. The summed E-state index contributed by atoms with van der Waals surface area (Å²) in [5.41, 5.74) is 9.28. The molecule has 1 aliphatic rings. The maximum absolute atomic E-state index is 5.48. The molecule has 0 atom stereocenters. The minimum absolute atomic E-state index is 0.713. The maximum Gasteiger partial charge on any atom is 0.235 e. The van der Waals surface area contributed by atoms with Gasteiger partial charge in [-0.1, -0.05) is 147 Å². The summed E-state index contributed by atoms with van der Waals surface area (Å²) in [5, 5.41) is 7.47. The first-order valence-electron chi connectivity index (χ1n) is 17.0. The van der Waals surface area contributed by atoms with Crippen molar-refractivity contribution >= 4 is 70.2 Å². The number of aromatic nitrogens is 3. The lowest BCUT2D eigenvalue weighted by atomic mass is 9.97. The Morgan fingerprint density at radius 3 is 2.10 bits per heavy atom. The predicted molar refractivity (Wildman–Crippen MR) is 215 cm³/mol. The molecule has 0 saturated heterocycles. The van der Waals surface area contributed by atoms with Gasteiger partial charge in [0, 0.05) is 36.5 Å². The molecule has 10 rings (SSSR count). The molecule has 6 aromatic carbocycles. The minimum Gasteiger partial charge on any atom is -0.278 e. The van der Waals surface area contributed by atoms with E-state index in [2.05, 4.69) is 157 Å². The monoisotopic (exact) mass is 659 g/mol. The number of aryl methyl sites for hydroxylation is 1. The van der Waals surface area contributed by atoms with Gasteiger partial charge in [0.2, 0.25) is 5.95 Å². The highest BCUT2D eigenvalue weighted by atomic mass is 32.1. The van der Waals surface area contributed by atoms with E-state index in [1.54, 1.807) is 12.2 Å². The van der Waals surface area contributed by atoms with Gasteiger partial charge in [-0.2, -0.15) is 0 Å². The Hall–Kier alpha value is -6.10. The highest BCUT2D eigenvalue weighted by Gasteiger charge is 2.23. The quantitative estimate of drug-likeness (QED) is 0.176. The van der Waals surface area contributed by atoms with Crippen LogP contribution in [0.1, 0.15) is 17.7 Å². The normalized spacial score (nSPS) is 12.3. The number of allylic oxidation sites excluding steroid dienone is 3. The van der Waals surface area contributed by atoms with Gasteiger partial charge < -0.3 is 0 Å². The number of benzene rings is 6. The number of thiophene rings is 1. The molecule has 0 saturated carbocycles. The van der Waals surface area contributed by atoms with E-state index in [-0.39, 0.29) is 0 Å². The molecule has 0 bridgehead atoms. The smallest absolute Gasteiger partial charge is 0.235 e. The van der Waals surface area contributed by atoms with Crippen LogP contribution in [0.2, 0.25) is 0 Å². The van der Waals surface area contributed by atoms with Crippen molar-refractivity contribution in [2.75, 3.05) is 0 Å². The first kappa shape index (κ1) is 30.0. The van der Waals surface area contributed by atoms with Crippen LogP contribution in [0.25, 0.3) is 87.2 Å². The second kappa shape index (κ2) is 12.4. The highest BCUT2D eigenvalue weighted by molar-refractivity contribution is 7.26. The summed E-state index contributed by atoms with van der Waals surface area (Å²) in [6.45, 7) is 6.72. The summed E-state index contributed by atoms with van der Waals surface area (Å²) in [5.74, 6) is 0.713. The van der Waals surface area contributed by atoms with Gasteiger partial charge in [-0.25, -0.2) is 9.97 Å². The first-order valence-corrected chi connectivity index (χ1v) is 17.8. The van der Waals surface area contributed by atoms with Gasteiger partial charge in [0.05, 0.1) is 22.4 Å². The number of fused-ring (bicyclic) bond motifs is 9. The summed E-state index contributed by atoms with van der Waals surface area (Å²) >= 11 is 1.86. The minimum atomic E-state index is 0.713. The molecule has 0 spiro atoms. The van der Waals surface area contributed by atoms with Crippen molar-refractivity contribution in [3.8, 4) is 28.3 Å². The Morgan fingerprint density at radius 1 is 0.620 bits per heavy atom. The van der Waals surface area contributed by atoms with E-state index in [1.165, 1.54) is 58.7 Å². The molecule has 3 nitrogen and oxygen atoms in total. The maximum atomic E-state index is 5.48. The molecule has 4 heteroatoms. The number of nitrogens with zero attached hydrogens (tertiary/aromatic N) is 3. The van der Waals surface area contributed by atoms with Crippen molar-refractivity contribution in [2.24, 2.45) is 0 Å². The average Bonchev–Trinajstić information content (AvgIpc) is 3.74. The van der Waals surface area contributed by atoms with Gasteiger partial charge in [0.15, 0.2) is 0 Å². The molecule has 0 unspecified atom stereocenters. The number of hydrogen-bond acceptors (Lipinski definition) is 3. The van der Waals surface area contributed by atoms with Crippen LogP contribution in [-0.2, 0) is 6.42 Å². The van der Waals surface area contributed by atoms with E-state index < -0.39 is 0 Å². The van der Waals surface area contributed by atoms with E-state index in [0.717, 1.165) is 40.5 Å². The second-order valence-corrected chi connectivity index (χ2v) is 13.5. The summed E-state index contributed by atoms with van der Waals surface area (Å²) in [6, 6.07) is 45.7. The van der Waals surface area contributed by atoms with Crippen molar-refractivity contribution in [3.05, 3.63) is 170 Å². The summed E-state index contributed by atoms with van der Waals surface area (Å²) < 4.78 is 4.85. The average molecular weight is 660 g/mol. The summed E-state index contributed by atoms with van der Waals surface area (Å²) in [6.07, 6.45) is 9.88. The number of hydrogen-bond donors (Lipinski definition) is 0. The molecule has 3 heterocycles. The van der Waals surface area contributed by atoms with E-state index in [4.69, 9.17) is 9.97 Å². The van der Waals surface area contributed by atoms with Gasteiger partial charge in [-0.15, -0.1) is 11.3 Å². The Kier molecular flexibility index (Phi) is 7.45. The molecule has 0 amide bonds. The van der Waals surface area contributed by atoms with Crippen LogP contribution < -0.4 is 0 Å². The van der Waals surface area contributed by atoms with E-state index >= 15 is 0 Å².